The summed E-state index contributed by atoms with van der Waals surface area (Å²) in [4.78, 5) is 24.3. The first-order chi connectivity index (χ1) is 15.1. The highest BCUT2D eigenvalue weighted by Crippen LogP contribution is 2.40. The SMILES string of the molecule is CCNC(=O)Nc1ccc(-c2nc3c(c(N4CCOC[C@@H]4C)n2)C[C@H]2CC[C@@H]3N2)cc1. The number of rotatable bonds is 4. The average Bonchev–Trinajstić information content (AvgIpc) is 3.16. The number of carbonyl (C=O) groups excluding carboxylic acids is 1. The molecule has 1 aromatic heterocycles. The van der Waals surface area contributed by atoms with Gasteiger partial charge in [0.25, 0.3) is 0 Å². The van der Waals surface area contributed by atoms with E-state index in [0.29, 0.717) is 18.6 Å². The third-order valence-electron chi connectivity index (χ3n) is 6.42. The molecule has 8 heteroatoms. The molecule has 3 atom stereocenters. The van der Waals surface area contributed by atoms with E-state index in [9.17, 15) is 4.79 Å². The molecule has 3 aliphatic heterocycles. The number of ether oxygens (including phenoxy) is 1. The molecule has 3 aliphatic rings. The standard InChI is InChI=1S/C23H30N6O2/c1-3-24-23(30)26-16-6-4-15(5-7-16)21-27-20-18(12-17-8-9-19(20)25-17)22(28-21)29-10-11-31-13-14(29)2/h4-7,14,17,19,25H,3,8-13H2,1-2H3,(H2,24,26,30)/t14-,17+,19-/m0/s1. The highest BCUT2D eigenvalue weighted by Gasteiger charge is 2.37. The van der Waals surface area contributed by atoms with Crippen molar-refractivity contribution in [2.45, 2.75) is 51.2 Å². The molecule has 0 aliphatic carbocycles. The van der Waals surface area contributed by atoms with Gasteiger partial charge in [-0.15, -0.1) is 0 Å². The van der Waals surface area contributed by atoms with Crippen molar-refractivity contribution >= 4 is 17.5 Å². The van der Waals surface area contributed by atoms with E-state index in [1.807, 2.05) is 31.2 Å². The maximum absolute atomic E-state index is 11.8. The first-order valence-corrected chi connectivity index (χ1v) is 11.3. The second-order valence-corrected chi connectivity index (χ2v) is 8.61. The smallest absolute Gasteiger partial charge is 0.319 e. The lowest BCUT2D eigenvalue weighted by Gasteiger charge is -2.37. The number of hydrogen-bond acceptors (Lipinski definition) is 6. The van der Waals surface area contributed by atoms with Crippen LogP contribution in [0.1, 0.15) is 44.0 Å². The molecule has 2 bridgehead atoms. The Morgan fingerprint density at radius 3 is 2.87 bits per heavy atom. The van der Waals surface area contributed by atoms with Crippen LogP contribution < -0.4 is 20.9 Å². The number of benzene rings is 1. The Kier molecular flexibility index (Phi) is 5.50. The molecular formula is C23H30N6O2. The van der Waals surface area contributed by atoms with Gasteiger partial charge in [-0.25, -0.2) is 14.8 Å². The summed E-state index contributed by atoms with van der Waals surface area (Å²) in [6.07, 6.45) is 3.30. The molecule has 4 heterocycles. The van der Waals surface area contributed by atoms with Crippen LogP contribution >= 0.6 is 0 Å². The second-order valence-electron chi connectivity index (χ2n) is 8.61. The van der Waals surface area contributed by atoms with E-state index < -0.39 is 0 Å². The van der Waals surface area contributed by atoms with Gasteiger partial charge < -0.3 is 25.6 Å². The van der Waals surface area contributed by atoms with Gasteiger partial charge >= 0.3 is 6.03 Å². The van der Waals surface area contributed by atoms with Crippen molar-refractivity contribution in [2.75, 3.05) is 36.5 Å². The summed E-state index contributed by atoms with van der Waals surface area (Å²) >= 11 is 0. The predicted octanol–water partition coefficient (Wildman–Crippen LogP) is 2.86. The highest BCUT2D eigenvalue weighted by molar-refractivity contribution is 5.89. The molecule has 0 saturated carbocycles. The zero-order valence-corrected chi connectivity index (χ0v) is 18.1. The van der Waals surface area contributed by atoms with Crippen molar-refractivity contribution in [2.24, 2.45) is 0 Å². The zero-order valence-electron chi connectivity index (χ0n) is 18.1. The minimum atomic E-state index is -0.203. The van der Waals surface area contributed by atoms with Crippen LogP contribution in [0.3, 0.4) is 0 Å². The number of anilines is 2. The first-order valence-electron chi connectivity index (χ1n) is 11.3. The number of hydrogen-bond donors (Lipinski definition) is 3. The quantitative estimate of drug-likeness (QED) is 0.702. The van der Waals surface area contributed by atoms with Gasteiger partial charge in [-0.2, -0.15) is 0 Å². The summed E-state index contributed by atoms with van der Waals surface area (Å²) in [5, 5.41) is 9.30. The van der Waals surface area contributed by atoms with E-state index in [1.54, 1.807) is 0 Å². The number of aromatic nitrogens is 2. The van der Waals surface area contributed by atoms with Gasteiger partial charge in [0.2, 0.25) is 0 Å². The highest BCUT2D eigenvalue weighted by atomic mass is 16.5. The number of morpholine rings is 1. The van der Waals surface area contributed by atoms with E-state index in [4.69, 9.17) is 14.7 Å². The van der Waals surface area contributed by atoms with Crippen LogP contribution in [0.2, 0.25) is 0 Å². The fourth-order valence-corrected chi connectivity index (χ4v) is 4.86. The van der Waals surface area contributed by atoms with E-state index in [0.717, 1.165) is 61.2 Å². The Balaban J connectivity index is 1.50. The van der Waals surface area contributed by atoms with Crippen LogP contribution in [0.4, 0.5) is 16.3 Å². The van der Waals surface area contributed by atoms with Crippen LogP contribution in [-0.2, 0) is 11.2 Å². The summed E-state index contributed by atoms with van der Waals surface area (Å²) in [5.74, 6) is 1.81. The molecule has 3 N–H and O–H groups in total. The van der Waals surface area contributed by atoms with Gasteiger partial charge in [0, 0.05) is 35.9 Å². The molecule has 0 radical (unpaired) electrons. The number of urea groups is 1. The predicted molar refractivity (Wildman–Crippen MR) is 120 cm³/mol. The van der Waals surface area contributed by atoms with E-state index in [-0.39, 0.29) is 12.1 Å². The lowest BCUT2D eigenvalue weighted by molar-refractivity contribution is 0.0984. The number of nitrogens with zero attached hydrogens (tertiary/aromatic N) is 3. The van der Waals surface area contributed by atoms with Gasteiger partial charge in [-0.1, -0.05) is 0 Å². The van der Waals surface area contributed by atoms with Crippen molar-refractivity contribution < 1.29 is 9.53 Å². The lowest BCUT2D eigenvalue weighted by atomic mass is 9.99. The fraction of sp³-hybridized carbons (Fsp3) is 0.522. The lowest BCUT2D eigenvalue weighted by Crippen LogP contribution is -2.45. The number of amides is 2. The molecular weight excluding hydrogens is 392 g/mol. The fourth-order valence-electron chi connectivity index (χ4n) is 4.86. The number of carbonyl (C=O) groups is 1. The molecule has 5 rings (SSSR count). The number of fused-ring (bicyclic) bond motifs is 4. The molecule has 1 aromatic carbocycles. The van der Waals surface area contributed by atoms with E-state index in [2.05, 4.69) is 27.8 Å². The zero-order chi connectivity index (χ0) is 21.4. The Labute approximate surface area is 182 Å². The van der Waals surface area contributed by atoms with Gasteiger partial charge in [0.15, 0.2) is 5.82 Å². The molecule has 2 aromatic rings. The van der Waals surface area contributed by atoms with Crippen LogP contribution in [0, 0.1) is 0 Å². The third-order valence-corrected chi connectivity index (χ3v) is 6.42. The molecule has 2 fully saturated rings. The van der Waals surface area contributed by atoms with E-state index >= 15 is 0 Å². The summed E-state index contributed by atoms with van der Waals surface area (Å²) in [7, 11) is 0. The monoisotopic (exact) mass is 422 g/mol. The second kappa shape index (κ2) is 8.43. The Bertz CT molecular complexity index is 963. The van der Waals surface area contributed by atoms with Crippen molar-refractivity contribution in [3.63, 3.8) is 0 Å². The van der Waals surface area contributed by atoms with E-state index in [1.165, 1.54) is 12.0 Å². The summed E-state index contributed by atoms with van der Waals surface area (Å²) in [6.45, 7) is 6.98. The molecule has 164 valence electrons. The van der Waals surface area contributed by atoms with Crippen LogP contribution in [-0.4, -0.2) is 54.4 Å². The van der Waals surface area contributed by atoms with Crippen LogP contribution in [0.15, 0.2) is 24.3 Å². The largest absolute Gasteiger partial charge is 0.377 e. The minimum Gasteiger partial charge on any atom is -0.377 e. The summed E-state index contributed by atoms with van der Waals surface area (Å²) < 4.78 is 5.67. The van der Waals surface area contributed by atoms with Crippen molar-refractivity contribution in [1.29, 1.82) is 0 Å². The summed E-state index contributed by atoms with van der Waals surface area (Å²) in [5.41, 5.74) is 4.15. The number of nitrogens with one attached hydrogen (secondary N) is 3. The Morgan fingerprint density at radius 2 is 2.10 bits per heavy atom. The maximum Gasteiger partial charge on any atom is 0.319 e. The van der Waals surface area contributed by atoms with Gasteiger partial charge in [-0.05, 0) is 57.4 Å². The van der Waals surface area contributed by atoms with Gasteiger partial charge in [-0.3, -0.25) is 0 Å². The van der Waals surface area contributed by atoms with Crippen LogP contribution in [0.5, 0.6) is 0 Å². The summed E-state index contributed by atoms with van der Waals surface area (Å²) in [6, 6.07) is 8.67. The molecule has 8 nitrogen and oxygen atoms in total. The maximum atomic E-state index is 11.8. The topological polar surface area (TPSA) is 91.4 Å². The Morgan fingerprint density at radius 1 is 1.26 bits per heavy atom. The Hall–Kier alpha value is -2.71. The first kappa shape index (κ1) is 20.2. The molecule has 0 spiro atoms. The molecule has 2 saturated heterocycles. The van der Waals surface area contributed by atoms with Gasteiger partial charge in [0.05, 0.1) is 31.0 Å². The van der Waals surface area contributed by atoms with Crippen molar-refractivity contribution in [1.82, 2.24) is 20.6 Å². The minimum absolute atomic E-state index is 0.203. The average molecular weight is 423 g/mol. The van der Waals surface area contributed by atoms with Gasteiger partial charge in [0.1, 0.15) is 5.82 Å². The molecule has 0 unspecified atom stereocenters. The van der Waals surface area contributed by atoms with Crippen molar-refractivity contribution in [3.05, 3.63) is 35.5 Å². The molecule has 31 heavy (non-hydrogen) atoms. The molecule has 2 amide bonds. The van der Waals surface area contributed by atoms with Crippen molar-refractivity contribution in [3.8, 4) is 11.4 Å². The normalized spacial score (nSPS) is 24.6. The third kappa shape index (κ3) is 3.97. The van der Waals surface area contributed by atoms with Crippen LogP contribution in [0.25, 0.3) is 11.4 Å².